The number of carbonyl (C=O) groups is 1. The first kappa shape index (κ1) is 12.5. The van der Waals surface area contributed by atoms with E-state index in [2.05, 4.69) is 14.7 Å². The Morgan fingerprint density at radius 1 is 1.35 bits per heavy atom. The van der Waals surface area contributed by atoms with Crippen molar-refractivity contribution in [3.63, 3.8) is 0 Å². The summed E-state index contributed by atoms with van der Waals surface area (Å²) in [5.41, 5.74) is 6.23. The summed E-state index contributed by atoms with van der Waals surface area (Å²) in [5.74, 6) is -0.434. The van der Waals surface area contributed by atoms with Gasteiger partial charge in [-0.1, -0.05) is 17.4 Å². The molecule has 3 rings (SSSR count). The summed E-state index contributed by atoms with van der Waals surface area (Å²) in [6.07, 6.45) is 1.45. The van der Waals surface area contributed by atoms with Crippen molar-refractivity contribution in [2.75, 3.05) is 12.8 Å². The van der Waals surface area contributed by atoms with Gasteiger partial charge in [0.15, 0.2) is 5.13 Å². The van der Waals surface area contributed by atoms with E-state index in [-0.39, 0.29) is 5.13 Å². The van der Waals surface area contributed by atoms with Crippen molar-refractivity contribution >= 4 is 43.4 Å². The largest absolute Gasteiger partial charge is 0.465 e. The van der Waals surface area contributed by atoms with E-state index in [0.717, 1.165) is 5.39 Å². The van der Waals surface area contributed by atoms with Crippen LogP contribution >= 0.6 is 11.3 Å². The van der Waals surface area contributed by atoms with E-state index in [0.29, 0.717) is 21.2 Å². The van der Waals surface area contributed by atoms with Gasteiger partial charge in [0, 0.05) is 11.6 Å². The average molecular weight is 287 g/mol. The third-order valence-electron chi connectivity index (χ3n) is 2.89. The third-order valence-corrected chi connectivity index (χ3v) is 3.83. The predicted octanol–water partition coefficient (Wildman–Crippen LogP) is 1.57. The Morgan fingerprint density at radius 3 is 2.90 bits per heavy atom. The first-order chi connectivity index (χ1) is 9.60. The van der Waals surface area contributed by atoms with E-state index >= 15 is 0 Å². The minimum absolute atomic E-state index is 0.201. The van der Waals surface area contributed by atoms with Gasteiger partial charge >= 0.3 is 5.97 Å². The number of anilines is 1. The molecule has 7 heteroatoms. The molecule has 2 aromatic heterocycles. The number of hydrogen-bond donors (Lipinski definition) is 1. The number of carbonyl (C=O) groups excluding carboxylic acids is 1. The molecular weight excluding hydrogens is 278 g/mol. The zero-order valence-corrected chi connectivity index (χ0v) is 11.2. The average Bonchev–Trinajstić information content (AvgIpc) is 2.45. The first-order valence-electron chi connectivity index (χ1n) is 5.67. The fourth-order valence-electron chi connectivity index (χ4n) is 1.96. The number of benzene rings is 1. The number of esters is 1. The normalized spacial score (nSPS) is 10.8. The highest BCUT2D eigenvalue weighted by atomic mass is 32.1. The molecular formula is C13H9N3O3S. The van der Waals surface area contributed by atoms with E-state index in [1.807, 2.05) is 0 Å². The Balaban J connectivity index is 2.38. The van der Waals surface area contributed by atoms with Crippen molar-refractivity contribution in [1.29, 1.82) is 0 Å². The van der Waals surface area contributed by atoms with Crippen molar-refractivity contribution in [3.8, 4) is 0 Å². The molecule has 1 aromatic carbocycles. The van der Waals surface area contributed by atoms with Gasteiger partial charge in [-0.2, -0.15) is 4.98 Å². The van der Waals surface area contributed by atoms with Crippen molar-refractivity contribution in [2.24, 2.45) is 0 Å². The number of nitrogens with two attached hydrogens (primary N) is 1. The molecule has 0 amide bonds. The molecule has 0 atom stereocenters. The van der Waals surface area contributed by atoms with Crippen LogP contribution in [-0.2, 0) is 4.74 Å². The van der Waals surface area contributed by atoms with Crippen molar-refractivity contribution < 1.29 is 9.53 Å². The zero-order valence-electron chi connectivity index (χ0n) is 10.4. The lowest BCUT2D eigenvalue weighted by molar-refractivity contribution is 0.0601. The number of hydrogen-bond acceptors (Lipinski definition) is 7. The minimum atomic E-state index is -0.434. The third kappa shape index (κ3) is 1.88. The van der Waals surface area contributed by atoms with Crippen LogP contribution in [0.4, 0.5) is 5.13 Å². The molecule has 0 aliphatic carbocycles. The van der Waals surface area contributed by atoms with Crippen LogP contribution < -0.4 is 11.3 Å². The summed E-state index contributed by atoms with van der Waals surface area (Å²) < 4.78 is 5.38. The van der Waals surface area contributed by atoms with Crippen LogP contribution in [-0.4, -0.2) is 23.0 Å². The Morgan fingerprint density at radius 2 is 2.15 bits per heavy atom. The molecule has 6 nitrogen and oxygen atoms in total. The lowest BCUT2D eigenvalue weighted by Gasteiger charge is -2.04. The highest BCUT2D eigenvalue weighted by Crippen LogP contribution is 2.27. The molecule has 20 heavy (non-hydrogen) atoms. The van der Waals surface area contributed by atoms with Crippen LogP contribution in [0.1, 0.15) is 10.4 Å². The van der Waals surface area contributed by atoms with E-state index in [1.165, 1.54) is 24.6 Å². The molecule has 0 aliphatic rings. The summed E-state index contributed by atoms with van der Waals surface area (Å²) >= 11 is 1.22. The van der Waals surface area contributed by atoms with Gasteiger partial charge in [-0.3, -0.25) is 9.78 Å². The van der Waals surface area contributed by atoms with Gasteiger partial charge in [0.25, 0.3) is 5.56 Å². The summed E-state index contributed by atoms with van der Waals surface area (Å²) in [4.78, 5) is 31.2. The van der Waals surface area contributed by atoms with Crippen LogP contribution in [0, 0.1) is 0 Å². The topological polar surface area (TPSA) is 95.2 Å². The Bertz CT molecular complexity index is 904. The SMILES string of the molecule is COC(=O)c1ccc2c(c1)ncc1c(=O)nc(N)sc12. The lowest BCUT2D eigenvalue weighted by atomic mass is 10.1. The molecule has 100 valence electrons. The summed E-state index contributed by atoms with van der Waals surface area (Å²) in [6, 6.07) is 4.98. The second-order valence-electron chi connectivity index (χ2n) is 4.08. The van der Waals surface area contributed by atoms with Crippen LogP contribution in [0.25, 0.3) is 21.0 Å². The summed E-state index contributed by atoms with van der Waals surface area (Å²) in [6.45, 7) is 0. The number of nitrogen functional groups attached to an aromatic ring is 1. The fraction of sp³-hybridized carbons (Fsp3) is 0.0769. The van der Waals surface area contributed by atoms with E-state index in [9.17, 15) is 9.59 Å². The fourth-order valence-corrected chi connectivity index (χ4v) is 2.83. The van der Waals surface area contributed by atoms with E-state index < -0.39 is 11.5 Å². The Labute approximate surface area is 116 Å². The van der Waals surface area contributed by atoms with Crippen LogP contribution in [0.5, 0.6) is 0 Å². The highest BCUT2D eigenvalue weighted by molar-refractivity contribution is 7.22. The Hall–Kier alpha value is -2.54. The highest BCUT2D eigenvalue weighted by Gasteiger charge is 2.11. The molecule has 0 unspecified atom stereocenters. The summed E-state index contributed by atoms with van der Waals surface area (Å²) in [7, 11) is 1.32. The molecule has 0 saturated carbocycles. The number of aromatic nitrogens is 2. The number of nitrogens with zero attached hydrogens (tertiary/aromatic N) is 2. The van der Waals surface area contributed by atoms with Crippen LogP contribution in [0.2, 0.25) is 0 Å². The van der Waals surface area contributed by atoms with Gasteiger partial charge in [-0.25, -0.2) is 4.79 Å². The standard InChI is InChI=1S/C13H9N3O3S/c1-19-12(18)6-2-3-7-9(4-6)15-5-8-10(7)20-13(14)16-11(8)17/h2-5H,1H3,(H2,14,16,17). The number of ether oxygens (including phenoxy) is 1. The summed E-state index contributed by atoms with van der Waals surface area (Å²) in [5, 5.41) is 1.38. The molecule has 2 heterocycles. The zero-order chi connectivity index (χ0) is 14.3. The lowest BCUT2D eigenvalue weighted by Crippen LogP contribution is -2.08. The van der Waals surface area contributed by atoms with Crippen LogP contribution in [0.3, 0.4) is 0 Å². The smallest absolute Gasteiger partial charge is 0.337 e. The first-order valence-corrected chi connectivity index (χ1v) is 6.49. The molecule has 0 spiro atoms. The second-order valence-corrected chi connectivity index (χ2v) is 5.11. The molecule has 0 bridgehead atoms. The van der Waals surface area contributed by atoms with Gasteiger partial charge in [0.1, 0.15) is 0 Å². The maximum atomic E-state index is 11.8. The predicted molar refractivity (Wildman–Crippen MR) is 76.9 cm³/mol. The van der Waals surface area contributed by atoms with E-state index in [4.69, 9.17) is 5.73 Å². The monoisotopic (exact) mass is 287 g/mol. The maximum absolute atomic E-state index is 11.8. The second kappa shape index (κ2) is 4.53. The quantitative estimate of drug-likeness (QED) is 0.539. The van der Waals surface area contributed by atoms with Gasteiger partial charge in [-0.15, -0.1) is 0 Å². The van der Waals surface area contributed by atoms with Crippen molar-refractivity contribution in [2.45, 2.75) is 0 Å². The van der Waals surface area contributed by atoms with Gasteiger partial charge in [-0.05, 0) is 12.1 Å². The molecule has 0 radical (unpaired) electrons. The number of fused-ring (bicyclic) bond motifs is 3. The minimum Gasteiger partial charge on any atom is -0.465 e. The van der Waals surface area contributed by atoms with E-state index in [1.54, 1.807) is 18.2 Å². The van der Waals surface area contributed by atoms with Crippen molar-refractivity contribution in [1.82, 2.24) is 9.97 Å². The number of pyridine rings is 1. The molecule has 2 N–H and O–H groups in total. The number of methoxy groups -OCH3 is 1. The molecule has 0 fully saturated rings. The van der Waals surface area contributed by atoms with Gasteiger partial charge in [0.05, 0.1) is 28.3 Å². The van der Waals surface area contributed by atoms with Crippen molar-refractivity contribution in [3.05, 3.63) is 40.3 Å². The van der Waals surface area contributed by atoms with Gasteiger partial charge in [0.2, 0.25) is 0 Å². The molecule has 0 saturated heterocycles. The van der Waals surface area contributed by atoms with Gasteiger partial charge < -0.3 is 10.5 Å². The molecule has 3 aromatic rings. The number of rotatable bonds is 1. The maximum Gasteiger partial charge on any atom is 0.337 e. The van der Waals surface area contributed by atoms with Crippen LogP contribution in [0.15, 0.2) is 29.2 Å². The molecule has 0 aliphatic heterocycles. The Kier molecular flexibility index (Phi) is 2.83.